The van der Waals surface area contributed by atoms with E-state index >= 15 is 0 Å². The van der Waals surface area contributed by atoms with Gasteiger partial charge in [0.25, 0.3) is 5.91 Å². The summed E-state index contributed by atoms with van der Waals surface area (Å²) in [5.41, 5.74) is 1.82. The first-order chi connectivity index (χ1) is 13.1. The standard InChI is InChI=1S/C22H27FN2OS/c1-2-3-4-11-24-12-9-22(10-13-24)16-25(21(26)20-6-5-14-27-20)19-8-7-17(23)15-18(19)22/h5-8,14-15H,2-4,9-13,16H2,1H3. The second-order valence-corrected chi connectivity index (χ2v) is 8.81. The summed E-state index contributed by atoms with van der Waals surface area (Å²) in [5.74, 6) is -0.163. The summed E-state index contributed by atoms with van der Waals surface area (Å²) in [7, 11) is 0. The zero-order valence-electron chi connectivity index (χ0n) is 15.9. The van der Waals surface area contributed by atoms with Crippen LogP contribution >= 0.6 is 11.3 Å². The minimum absolute atomic E-state index is 0.0418. The van der Waals surface area contributed by atoms with Crippen molar-refractivity contribution in [2.75, 3.05) is 31.1 Å². The van der Waals surface area contributed by atoms with E-state index in [1.807, 2.05) is 22.4 Å². The first-order valence-corrected chi connectivity index (χ1v) is 10.9. The van der Waals surface area contributed by atoms with Crippen molar-refractivity contribution in [2.45, 2.75) is 44.4 Å². The molecule has 144 valence electrons. The Kier molecular flexibility index (Phi) is 5.33. The summed E-state index contributed by atoms with van der Waals surface area (Å²) in [4.78, 5) is 18.2. The Bertz CT molecular complexity index is 797. The van der Waals surface area contributed by atoms with Crippen LogP contribution in [-0.4, -0.2) is 37.0 Å². The molecular weight excluding hydrogens is 359 g/mol. The van der Waals surface area contributed by atoms with Crippen LogP contribution in [0.15, 0.2) is 35.7 Å². The normalized spacial score (nSPS) is 18.8. The molecule has 0 saturated carbocycles. The molecule has 0 aliphatic carbocycles. The molecule has 0 bridgehead atoms. The molecule has 1 amide bonds. The zero-order chi connectivity index (χ0) is 18.9. The minimum atomic E-state index is -0.205. The van der Waals surface area contributed by atoms with E-state index in [0.717, 1.165) is 48.6 Å². The average molecular weight is 387 g/mol. The van der Waals surface area contributed by atoms with Gasteiger partial charge in [-0.3, -0.25) is 4.79 Å². The maximum Gasteiger partial charge on any atom is 0.268 e. The summed E-state index contributed by atoms with van der Waals surface area (Å²) < 4.78 is 14.1. The number of likely N-dealkylation sites (tertiary alicyclic amines) is 1. The molecule has 3 heterocycles. The van der Waals surface area contributed by atoms with E-state index in [9.17, 15) is 9.18 Å². The molecule has 27 heavy (non-hydrogen) atoms. The topological polar surface area (TPSA) is 23.6 Å². The average Bonchev–Trinajstić information content (AvgIpc) is 3.31. The summed E-state index contributed by atoms with van der Waals surface area (Å²) in [6, 6.07) is 8.72. The van der Waals surface area contributed by atoms with Gasteiger partial charge in [0.05, 0.1) is 4.88 Å². The number of benzene rings is 1. The van der Waals surface area contributed by atoms with Gasteiger partial charge in [-0.05, 0) is 74.1 Å². The first-order valence-electron chi connectivity index (χ1n) is 10.0. The lowest BCUT2D eigenvalue weighted by atomic mass is 9.74. The molecule has 1 spiro atoms. The number of hydrogen-bond donors (Lipinski definition) is 0. The highest BCUT2D eigenvalue weighted by molar-refractivity contribution is 7.12. The lowest BCUT2D eigenvalue weighted by Crippen LogP contribution is -2.46. The van der Waals surface area contributed by atoms with Crippen molar-refractivity contribution in [3.8, 4) is 0 Å². The summed E-state index contributed by atoms with van der Waals surface area (Å²) >= 11 is 1.47. The third-order valence-electron chi connectivity index (χ3n) is 6.15. The molecule has 1 saturated heterocycles. The van der Waals surface area contributed by atoms with Gasteiger partial charge >= 0.3 is 0 Å². The van der Waals surface area contributed by atoms with Gasteiger partial charge in [-0.1, -0.05) is 25.8 Å². The predicted octanol–water partition coefficient (Wildman–Crippen LogP) is 5.07. The Labute approximate surface area is 164 Å². The number of fused-ring (bicyclic) bond motifs is 2. The quantitative estimate of drug-likeness (QED) is 0.670. The predicted molar refractivity (Wildman–Crippen MR) is 109 cm³/mol. The highest BCUT2D eigenvalue weighted by Crippen LogP contribution is 2.47. The van der Waals surface area contributed by atoms with E-state index in [1.54, 1.807) is 12.1 Å². The highest BCUT2D eigenvalue weighted by Gasteiger charge is 2.46. The maximum atomic E-state index is 14.1. The van der Waals surface area contributed by atoms with Crippen LogP contribution in [0.3, 0.4) is 0 Å². The molecule has 5 heteroatoms. The zero-order valence-corrected chi connectivity index (χ0v) is 16.7. The monoisotopic (exact) mass is 386 g/mol. The lowest BCUT2D eigenvalue weighted by Gasteiger charge is -2.40. The number of halogens is 1. The van der Waals surface area contributed by atoms with Crippen molar-refractivity contribution < 1.29 is 9.18 Å². The molecule has 3 nitrogen and oxygen atoms in total. The van der Waals surface area contributed by atoms with Crippen molar-refractivity contribution in [1.29, 1.82) is 0 Å². The van der Waals surface area contributed by atoms with Gasteiger partial charge in [-0.2, -0.15) is 0 Å². The molecule has 0 radical (unpaired) electrons. The maximum absolute atomic E-state index is 14.1. The summed E-state index contributed by atoms with van der Waals surface area (Å²) in [6.07, 6.45) is 5.74. The van der Waals surface area contributed by atoms with Crippen LogP contribution in [0.4, 0.5) is 10.1 Å². The van der Waals surface area contributed by atoms with Crippen LogP contribution in [0.5, 0.6) is 0 Å². The van der Waals surface area contributed by atoms with Crippen molar-refractivity contribution in [2.24, 2.45) is 0 Å². The fraction of sp³-hybridized carbons (Fsp3) is 0.500. The number of unbranched alkanes of at least 4 members (excludes halogenated alkanes) is 2. The van der Waals surface area contributed by atoms with Crippen LogP contribution < -0.4 is 4.90 Å². The van der Waals surface area contributed by atoms with Gasteiger partial charge in [-0.25, -0.2) is 4.39 Å². The van der Waals surface area contributed by atoms with Crippen LogP contribution in [0, 0.1) is 5.82 Å². The second-order valence-electron chi connectivity index (χ2n) is 7.86. The number of carbonyl (C=O) groups is 1. The molecule has 1 aromatic carbocycles. The van der Waals surface area contributed by atoms with Gasteiger partial charge in [0.1, 0.15) is 5.82 Å². The van der Waals surface area contributed by atoms with Crippen LogP contribution in [0.2, 0.25) is 0 Å². The second kappa shape index (κ2) is 7.72. The number of piperidine rings is 1. The fourth-order valence-corrected chi connectivity index (χ4v) is 5.25. The van der Waals surface area contributed by atoms with E-state index in [0.29, 0.717) is 6.54 Å². The molecule has 0 unspecified atom stereocenters. The molecule has 2 aliphatic rings. The highest BCUT2D eigenvalue weighted by atomic mass is 32.1. The molecule has 0 atom stereocenters. The van der Waals surface area contributed by atoms with E-state index in [-0.39, 0.29) is 17.1 Å². The smallest absolute Gasteiger partial charge is 0.268 e. The van der Waals surface area contributed by atoms with E-state index in [2.05, 4.69) is 11.8 Å². The minimum Gasteiger partial charge on any atom is -0.306 e. The number of hydrogen-bond acceptors (Lipinski definition) is 3. The van der Waals surface area contributed by atoms with E-state index in [4.69, 9.17) is 0 Å². The Morgan fingerprint density at radius 2 is 2.04 bits per heavy atom. The third-order valence-corrected chi connectivity index (χ3v) is 7.01. The number of thiophene rings is 1. The molecule has 2 aromatic rings. The Balaban J connectivity index is 1.56. The van der Waals surface area contributed by atoms with Gasteiger partial charge in [-0.15, -0.1) is 11.3 Å². The third kappa shape index (κ3) is 3.55. The fourth-order valence-electron chi connectivity index (χ4n) is 4.57. The molecule has 1 aromatic heterocycles. The molecule has 4 rings (SSSR count). The number of nitrogens with zero attached hydrogens (tertiary/aromatic N) is 2. The van der Waals surface area contributed by atoms with Crippen LogP contribution in [-0.2, 0) is 5.41 Å². The Hall–Kier alpha value is -1.72. The number of amides is 1. The largest absolute Gasteiger partial charge is 0.306 e. The van der Waals surface area contributed by atoms with Crippen LogP contribution in [0.25, 0.3) is 0 Å². The van der Waals surface area contributed by atoms with Crippen molar-refractivity contribution in [3.05, 3.63) is 52.0 Å². The number of anilines is 1. The Morgan fingerprint density at radius 1 is 1.22 bits per heavy atom. The molecule has 1 fully saturated rings. The number of carbonyl (C=O) groups excluding carboxylic acids is 1. The molecule has 2 aliphatic heterocycles. The van der Waals surface area contributed by atoms with Gasteiger partial charge in [0, 0.05) is 17.6 Å². The summed E-state index contributed by atoms with van der Waals surface area (Å²) in [5, 5.41) is 1.93. The first kappa shape index (κ1) is 18.6. The van der Waals surface area contributed by atoms with Crippen molar-refractivity contribution in [3.63, 3.8) is 0 Å². The van der Waals surface area contributed by atoms with Crippen molar-refractivity contribution >= 4 is 22.9 Å². The molecular formula is C22H27FN2OS. The lowest BCUT2D eigenvalue weighted by molar-refractivity contribution is 0.0980. The van der Waals surface area contributed by atoms with Gasteiger partial charge < -0.3 is 9.80 Å². The van der Waals surface area contributed by atoms with E-state index in [1.165, 1.54) is 36.7 Å². The number of rotatable bonds is 5. The Morgan fingerprint density at radius 3 is 2.74 bits per heavy atom. The van der Waals surface area contributed by atoms with Crippen LogP contribution in [0.1, 0.15) is 54.3 Å². The molecule has 0 N–H and O–H groups in total. The summed E-state index contributed by atoms with van der Waals surface area (Å²) in [6.45, 7) is 6.11. The van der Waals surface area contributed by atoms with E-state index < -0.39 is 0 Å². The van der Waals surface area contributed by atoms with Gasteiger partial charge in [0.2, 0.25) is 0 Å². The van der Waals surface area contributed by atoms with Gasteiger partial charge in [0.15, 0.2) is 0 Å². The SMILES string of the molecule is CCCCCN1CCC2(CC1)CN(C(=O)c1cccs1)c1ccc(F)cc12. The van der Waals surface area contributed by atoms with Crippen molar-refractivity contribution in [1.82, 2.24) is 4.90 Å².